The lowest BCUT2D eigenvalue weighted by molar-refractivity contribution is 0.185. The van der Waals surface area contributed by atoms with Crippen molar-refractivity contribution in [2.24, 2.45) is 11.8 Å². The average molecular weight is 289 g/mol. The summed E-state index contributed by atoms with van der Waals surface area (Å²) in [6, 6.07) is 0.568. The Balaban J connectivity index is 1.59. The van der Waals surface area contributed by atoms with Gasteiger partial charge >= 0.3 is 0 Å². The van der Waals surface area contributed by atoms with Crippen LogP contribution < -0.4 is 5.32 Å². The molecule has 0 spiro atoms. The summed E-state index contributed by atoms with van der Waals surface area (Å²) in [5, 5.41) is 3.55. The molecule has 116 valence electrons. The summed E-state index contributed by atoms with van der Waals surface area (Å²) in [4.78, 5) is 9.42. The zero-order chi connectivity index (χ0) is 14.7. The minimum Gasteiger partial charge on any atom is -0.381 e. The quantitative estimate of drug-likeness (QED) is 0.902. The van der Waals surface area contributed by atoms with Gasteiger partial charge in [-0.25, -0.2) is 9.97 Å². The third-order valence-corrected chi connectivity index (χ3v) is 4.61. The van der Waals surface area contributed by atoms with E-state index in [1.807, 2.05) is 0 Å². The van der Waals surface area contributed by atoms with Gasteiger partial charge in [0.05, 0.1) is 0 Å². The first-order valence-corrected chi connectivity index (χ1v) is 8.35. The van der Waals surface area contributed by atoms with Crippen molar-refractivity contribution >= 4 is 0 Å². The van der Waals surface area contributed by atoms with Crippen LogP contribution in [0.15, 0.2) is 6.20 Å². The Morgan fingerprint density at radius 1 is 1.33 bits per heavy atom. The normalized spacial score (nSPS) is 25.3. The molecule has 4 nitrogen and oxygen atoms in total. The van der Waals surface area contributed by atoms with Crippen molar-refractivity contribution < 1.29 is 4.74 Å². The number of hydrogen-bond donors (Lipinski definition) is 1. The van der Waals surface area contributed by atoms with E-state index in [1.54, 1.807) is 0 Å². The van der Waals surface area contributed by atoms with Crippen LogP contribution in [-0.2, 0) is 24.0 Å². The molecule has 1 N–H and O–H groups in total. The summed E-state index contributed by atoms with van der Waals surface area (Å²) in [6.45, 7) is 7.31. The van der Waals surface area contributed by atoms with Gasteiger partial charge in [0.1, 0.15) is 5.82 Å². The van der Waals surface area contributed by atoms with Crippen LogP contribution in [0.4, 0.5) is 0 Å². The van der Waals surface area contributed by atoms with Crippen molar-refractivity contribution in [3.8, 4) is 0 Å². The number of aromatic nitrogens is 2. The molecule has 0 saturated carbocycles. The van der Waals surface area contributed by atoms with E-state index in [9.17, 15) is 0 Å². The van der Waals surface area contributed by atoms with Gasteiger partial charge < -0.3 is 10.1 Å². The number of nitrogens with zero attached hydrogens (tertiary/aromatic N) is 2. The minimum absolute atomic E-state index is 0.568. The molecule has 0 aromatic carbocycles. The highest BCUT2D eigenvalue weighted by Gasteiger charge is 2.22. The van der Waals surface area contributed by atoms with Crippen molar-refractivity contribution in [1.29, 1.82) is 0 Å². The Kier molecular flexibility index (Phi) is 4.86. The number of ether oxygens (including phenoxy) is 1. The van der Waals surface area contributed by atoms with Crippen LogP contribution >= 0.6 is 0 Å². The van der Waals surface area contributed by atoms with Gasteiger partial charge in [-0.05, 0) is 49.6 Å². The second-order valence-electron chi connectivity index (χ2n) is 6.86. The zero-order valence-corrected chi connectivity index (χ0v) is 13.3. The molecule has 1 aliphatic heterocycles. The second-order valence-corrected chi connectivity index (χ2v) is 6.86. The Morgan fingerprint density at radius 2 is 2.24 bits per heavy atom. The largest absolute Gasteiger partial charge is 0.381 e. The van der Waals surface area contributed by atoms with Gasteiger partial charge in [-0.1, -0.05) is 13.8 Å². The SMILES string of the molecule is CC(C)NCC1CCc2nc(CC3CCOC3)ncc2C1. The number of fused-ring (bicyclic) bond motifs is 1. The van der Waals surface area contributed by atoms with Gasteiger partial charge in [-0.3, -0.25) is 0 Å². The van der Waals surface area contributed by atoms with Gasteiger partial charge in [-0.2, -0.15) is 0 Å². The predicted molar refractivity (Wildman–Crippen MR) is 83.3 cm³/mol. The molecule has 1 aromatic heterocycles. The predicted octanol–water partition coefficient (Wildman–Crippen LogP) is 2.16. The molecule has 1 aliphatic carbocycles. The third kappa shape index (κ3) is 4.01. The van der Waals surface area contributed by atoms with Crippen molar-refractivity contribution in [3.63, 3.8) is 0 Å². The monoisotopic (exact) mass is 289 g/mol. The molecule has 1 aromatic rings. The third-order valence-electron chi connectivity index (χ3n) is 4.61. The Morgan fingerprint density at radius 3 is 3.00 bits per heavy atom. The lowest BCUT2D eigenvalue weighted by Gasteiger charge is -2.25. The topological polar surface area (TPSA) is 47.0 Å². The van der Waals surface area contributed by atoms with E-state index in [-0.39, 0.29) is 0 Å². The molecule has 0 radical (unpaired) electrons. The van der Waals surface area contributed by atoms with E-state index in [2.05, 4.69) is 30.3 Å². The zero-order valence-electron chi connectivity index (χ0n) is 13.3. The number of hydrogen-bond acceptors (Lipinski definition) is 4. The van der Waals surface area contributed by atoms with Crippen LogP contribution in [0.1, 0.15) is 43.8 Å². The van der Waals surface area contributed by atoms with E-state index in [4.69, 9.17) is 9.72 Å². The van der Waals surface area contributed by atoms with E-state index in [0.29, 0.717) is 12.0 Å². The highest BCUT2D eigenvalue weighted by molar-refractivity contribution is 5.21. The maximum atomic E-state index is 5.44. The molecule has 2 atom stereocenters. The second kappa shape index (κ2) is 6.84. The summed E-state index contributed by atoms with van der Waals surface area (Å²) in [6.07, 6.45) is 7.69. The lowest BCUT2D eigenvalue weighted by atomic mass is 9.87. The summed E-state index contributed by atoms with van der Waals surface area (Å²) < 4.78 is 5.44. The van der Waals surface area contributed by atoms with Crippen LogP contribution in [0.5, 0.6) is 0 Å². The van der Waals surface area contributed by atoms with Crippen LogP contribution in [0.2, 0.25) is 0 Å². The first-order chi connectivity index (χ1) is 10.2. The molecular weight excluding hydrogens is 262 g/mol. The molecule has 0 bridgehead atoms. The van der Waals surface area contributed by atoms with Crippen LogP contribution in [0, 0.1) is 11.8 Å². The van der Waals surface area contributed by atoms with Crippen LogP contribution in [-0.4, -0.2) is 35.8 Å². The van der Waals surface area contributed by atoms with E-state index >= 15 is 0 Å². The molecule has 3 rings (SSSR count). The van der Waals surface area contributed by atoms with Gasteiger partial charge in [0.15, 0.2) is 0 Å². The summed E-state index contributed by atoms with van der Waals surface area (Å²) in [7, 11) is 0. The molecule has 21 heavy (non-hydrogen) atoms. The van der Waals surface area contributed by atoms with Crippen molar-refractivity contribution in [2.45, 2.75) is 52.0 Å². The molecule has 1 saturated heterocycles. The van der Waals surface area contributed by atoms with Gasteiger partial charge in [0.2, 0.25) is 0 Å². The number of aryl methyl sites for hydroxylation is 1. The molecule has 2 heterocycles. The van der Waals surface area contributed by atoms with Gasteiger partial charge in [0.25, 0.3) is 0 Å². The Labute approximate surface area is 127 Å². The van der Waals surface area contributed by atoms with Gasteiger partial charge in [-0.15, -0.1) is 0 Å². The summed E-state index contributed by atoms with van der Waals surface area (Å²) in [5.74, 6) is 2.37. The maximum absolute atomic E-state index is 5.44. The molecule has 1 fully saturated rings. The minimum atomic E-state index is 0.568. The first-order valence-electron chi connectivity index (χ1n) is 8.35. The molecule has 2 unspecified atom stereocenters. The van der Waals surface area contributed by atoms with E-state index in [0.717, 1.165) is 57.2 Å². The fourth-order valence-corrected chi connectivity index (χ4v) is 3.30. The van der Waals surface area contributed by atoms with Gasteiger partial charge in [0, 0.05) is 37.6 Å². The van der Waals surface area contributed by atoms with E-state index in [1.165, 1.54) is 17.7 Å². The van der Waals surface area contributed by atoms with Crippen molar-refractivity contribution in [1.82, 2.24) is 15.3 Å². The summed E-state index contributed by atoms with van der Waals surface area (Å²) >= 11 is 0. The highest BCUT2D eigenvalue weighted by Crippen LogP contribution is 2.24. The summed E-state index contributed by atoms with van der Waals surface area (Å²) in [5.41, 5.74) is 2.66. The van der Waals surface area contributed by atoms with E-state index < -0.39 is 0 Å². The smallest absolute Gasteiger partial charge is 0.128 e. The van der Waals surface area contributed by atoms with Crippen LogP contribution in [0.25, 0.3) is 0 Å². The molecule has 0 amide bonds. The number of nitrogens with one attached hydrogen (secondary N) is 1. The first kappa shape index (κ1) is 14.9. The fraction of sp³-hybridized carbons (Fsp3) is 0.765. The fourth-order valence-electron chi connectivity index (χ4n) is 3.30. The standard InChI is InChI=1S/C17H27N3O/c1-12(2)18-9-13-3-4-16-15(7-13)10-19-17(20-16)8-14-5-6-21-11-14/h10,12-14,18H,3-9,11H2,1-2H3. The lowest BCUT2D eigenvalue weighted by Crippen LogP contribution is -2.32. The molecule has 4 heteroatoms. The highest BCUT2D eigenvalue weighted by atomic mass is 16.5. The Bertz CT molecular complexity index is 469. The maximum Gasteiger partial charge on any atom is 0.128 e. The average Bonchev–Trinajstić information content (AvgIpc) is 2.98. The molecule has 2 aliphatic rings. The van der Waals surface area contributed by atoms with Crippen molar-refractivity contribution in [3.05, 3.63) is 23.3 Å². The number of rotatable bonds is 5. The van der Waals surface area contributed by atoms with Crippen molar-refractivity contribution in [2.75, 3.05) is 19.8 Å². The van der Waals surface area contributed by atoms with Crippen LogP contribution in [0.3, 0.4) is 0 Å². The molecular formula is C17H27N3O. The Hall–Kier alpha value is -1.00.